The van der Waals surface area contributed by atoms with Crippen LogP contribution in [0.3, 0.4) is 0 Å². The fraction of sp³-hybridized carbons (Fsp3) is 0.667. The van der Waals surface area contributed by atoms with Gasteiger partial charge in [-0.3, -0.25) is 14.4 Å². The molecule has 52 heavy (non-hydrogen) atoms. The number of carbonyl (C=O) groups excluding carboxylic acids is 4. The van der Waals surface area contributed by atoms with E-state index >= 15 is 0 Å². The van der Waals surface area contributed by atoms with Crippen LogP contribution in [0.25, 0.3) is 0 Å². The SMILES string of the molecule is C#CCCC(=O)NC[C@@H](O)C1O[C@@](O)(C(=O)O)C[C@@H](O)[C@H]1O.C#CCCC(=O)ON1C(=O)CCC1=O.NC[C@@H](O)C1O[C@@](O)(C(=O)O)C[C@@H](O)[C@H]1O. The maximum atomic E-state index is 11.4. The number of carboxylic acid groups (broad SMARTS) is 2. The van der Waals surface area contributed by atoms with E-state index in [9.17, 15) is 69.6 Å². The van der Waals surface area contributed by atoms with E-state index in [1.54, 1.807) is 0 Å². The van der Waals surface area contributed by atoms with Crippen molar-refractivity contribution in [2.45, 2.75) is 112 Å². The van der Waals surface area contributed by atoms with Gasteiger partial charge in [0, 0.05) is 58.0 Å². The molecule has 292 valence electrons. The van der Waals surface area contributed by atoms with Gasteiger partial charge in [-0.2, -0.15) is 0 Å². The van der Waals surface area contributed by atoms with Crippen LogP contribution in [0.15, 0.2) is 0 Å². The van der Waals surface area contributed by atoms with Crippen molar-refractivity contribution in [1.29, 1.82) is 0 Å². The molecule has 3 rings (SSSR count). The molecule has 0 bridgehead atoms. The fourth-order valence-corrected chi connectivity index (χ4v) is 4.54. The Morgan fingerprint density at radius 1 is 0.846 bits per heavy atom. The summed E-state index contributed by atoms with van der Waals surface area (Å²) in [7, 11) is 0. The maximum Gasteiger partial charge on any atom is 0.364 e. The smallest absolute Gasteiger partial charge is 0.364 e. The van der Waals surface area contributed by atoms with Crippen molar-refractivity contribution >= 4 is 35.6 Å². The number of hydroxylamine groups is 2. The van der Waals surface area contributed by atoms with Crippen LogP contribution >= 0.6 is 0 Å². The molecule has 3 saturated heterocycles. The van der Waals surface area contributed by atoms with Crippen LogP contribution in [0.1, 0.15) is 51.4 Å². The van der Waals surface area contributed by atoms with E-state index in [-0.39, 0.29) is 51.6 Å². The van der Waals surface area contributed by atoms with Gasteiger partial charge in [-0.1, -0.05) is 0 Å². The Balaban J connectivity index is 0.000000402. The lowest BCUT2D eigenvalue weighted by Gasteiger charge is -2.41. The van der Waals surface area contributed by atoms with Crippen LogP contribution in [0.2, 0.25) is 0 Å². The number of ether oxygens (including phenoxy) is 2. The number of hydrogen-bond donors (Lipinski definition) is 12. The summed E-state index contributed by atoms with van der Waals surface area (Å²) in [6.07, 6.45) is -3.00. The molecule has 22 nitrogen and oxygen atoms in total. The summed E-state index contributed by atoms with van der Waals surface area (Å²) in [6.45, 7) is -0.669. The number of hydrogen-bond acceptors (Lipinski definition) is 18. The summed E-state index contributed by atoms with van der Waals surface area (Å²) >= 11 is 0. The lowest BCUT2D eigenvalue weighted by molar-refractivity contribution is -0.306. The van der Waals surface area contributed by atoms with Gasteiger partial charge in [0.1, 0.15) is 30.5 Å². The van der Waals surface area contributed by atoms with Crippen molar-refractivity contribution in [3.8, 4) is 24.7 Å². The third-order valence-corrected chi connectivity index (χ3v) is 7.44. The first-order valence-electron chi connectivity index (χ1n) is 15.4. The van der Waals surface area contributed by atoms with Crippen LogP contribution in [0, 0.1) is 24.7 Å². The first kappa shape index (κ1) is 45.7. The molecule has 22 heteroatoms. The quantitative estimate of drug-likeness (QED) is 0.0652. The Bertz CT molecular complexity index is 1350. The van der Waals surface area contributed by atoms with Gasteiger partial charge in [0.2, 0.25) is 5.91 Å². The summed E-state index contributed by atoms with van der Waals surface area (Å²) in [5, 5.41) is 97.1. The first-order chi connectivity index (χ1) is 24.2. The average Bonchev–Trinajstić information content (AvgIpc) is 3.40. The Morgan fingerprint density at radius 2 is 1.27 bits per heavy atom. The predicted octanol–water partition coefficient (Wildman–Crippen LogP) is -6.24. The Morgan fingerprint density at radius 3 is 1.67 bits per heavy atom. The Hall–Kier alpha value is -4.30. The van der Waals surface area contributed by atoms with Crippen molar-refractivity contribution in [3.63, 3.8) is 0 Å². The van der Waals surface area contributed by atoms with E-state index in [1.165, 1.54) is 0 Å². The number of nitrogens with one attached hydrogen (secondary N) is 1. The normalized spacial score (nSPS) is 30.9. The summed E-state index contributed by atoms with van der Waals surface area (Å²) in [4.78, 5) is 70.5. The third-order valence-electron chi connectivity index (χ3n) is 7.44. The number of carbonyl (C=O) groups is 6. The summed E-state index contributed by atoms with van der Waals surface area (Å²) in [5.74, 6) is -6.36. The number of carboxylic acids is 2. The second-order valence-electron chi connectivity index (χ2n) is 11.5. The average molecular weight is 750 g/mol. The fourth-order valence-electron chi connectivity index (χ4n) is 4.54. The molecule has 3 fully saturated rings. The molecular formula is C30H43N3O19. The van der Waals surface area contributed by atoms with Crippen LogP contribution in [-0.2, 0) is 43.1 Å². The zero-order chi connectivity index (χ0) is 40.0. The van der Waals surface area contributed by atoms with E-state index in [2.05, 4.69) is 26.7 Å². The van der Waals surface area contributed by atoms with Gasteiger partial charge in [0.15, 0.2) is 0 Å². The summed E-state index contributed by atoms with van der Waals surface area (Å²) < 4.78 is 9.49. The molecule has 0 aromatic carbocycles. The molecule has 0 radical (unpaired) electrons. The molecule has 3 aliphatic rings. The van der Waals surface area contributed by atoms with Crippen LogP contribution in [0.5, 0.6) is 0 Å². The topological polar surface area (TPSA) is 374 Å². The minimum Gasteiger partial charge on any atom is -0.477 e. The monoisotopic (exact) mass is 749 g/mol. The van der Waals surface area contributed by atoms with E-state index in [0.29, 0.717) is 5.06 Å². The molecule has 3 amide bonds. The summed E-state index contributed by atoms with van der Waals surface area (Å²) in [5.41, 5.74) is 5.12. The number of aliphatic hydroxyl groups is 8. The molecule has 10 atom stereocenters. The highest BCUT2D eigenvalue weighted by molar-refractivity contribution is 6.01. The van der Waals surface area contributed by atoms with Gasteiger partial charge in [0.25, 0.3) is 23.4 Å². The first-order valence-corrected chi connectivity index (χ1v) is 15.4. The van der Waals surface area contributed by atoms with Gasteiger partial charge < -0.3 is 76.4 Å². The standard InChI is InChI=1S/C13H19NO8.C9H9NO4.C8H15NO7/c1-2-3-4-9(17)14-6-8(16)11-10(18)7(15)5-13(21,22-11)12(19)20;1-2-3-4-9(13)14-10-7(11)5-6-8(10)12;9-2-4(11)6-5(12)3(10)1-8(15,16-6)7(13)14/h1,7-8,10-11,15-16,18,21H,3-6H2,(H,14,17)(H,19,20);1H,3-6H2;3-6,10-12,15H,1-2,9H2,(H,13,14)/t7-,8-,10-,11?,13-;;3-,4-,5-,6?,8-/m1.1/s1. The molecule has 3 heterocycles. The van der Waals surface area contributed by atoms with E-state index in [0.717, 1.165) is 0 Å². The lowest BCUT2D eigenvalue weighted by atomic mass is 9.92. The number of aliphatic hydroxyl groups excluding tert-OH is 6. The highest BCUT2D eigenvalue weighted by Gasteiger charge is 2.53. The Labute approximate surface area is 295 Å². The van der Waals surface area contributed by atoms with Crippen molar-refractivity contribution in [2.24, 2.45) is 5.73 Å². The number of nitrogens with zero attached hydrogens (tertiary/aromatic N) is 1. The number of amides is 3. The van der Waals surface area contributed by atoms with E-state index in [1.807, 2.05) is 0 Å². The lowest BCUT2D eigenvalue weighted by Crippen LogP contribution is -2.62. The van der Waals surface area contributed by atoms with Gasteiger partial charge >= 0.3 is 17.9 Å². The van der Waals surface area contributed by atoms with Crippen molar-refractivity contribution in [1.82, 2.24) is 10.4 Å². The zero-order valence-corrected chi connectivity index (χ0v) is 27.5. The van der Waals surface area contributed by atoms with Crippen molar-refractivity contribution in [2.75, 3.05) is 13.1 Å². The third kappa shape index (κ3) is 13.0. The van der Waals surface area contributed by atoms with E-state index in [4.69, 9.17) is 33.5 Å². The molecule has 13 N–H and O–H groups in total. The van der Waals surface area contributed by atoms with Gasteiger partial charge in [-0.25, -0.2) is 14.4 Å². The van der Waals surface area contributed by atoms with Crippen LogP contribution in [0.4, 0.5) is 0 Å². The number of imide groups is 1. The predicted molar refractivity (Wildman–Crippen MR) is 166 cm³/mol. The highest BCUT2D eigenvalue weighted by atomic mass is 16.7. The molecule has 0 spiro atoms. The molecule has 0 aliphatic carbocycles. The number of nitrogens with two attached hydrogens (primary N) is 1. The van der Waals surface area contributed by atoms with Gasteiger partial charge in [0.05, 0.1) is 24.7 Å². The van der Waals surface area contributed by atoms with Crippen LogP contribution in [-0.4, -0.2) is 165 Å². The molecule has 0 aromatic rings. The van der Waals surface area contributed by atoms with E-state index < -0.39 is 109 Å². The van der Waals surface area contributed by atoms with Gasteiger partial charge in [-0.15, -0.1) is 29.8 Å². The molecular weight excluding hydrogens is 706 g/mol. The maximum absolute atomic E-state index is 11.4. The molecule has 3 aliphatic heterocycles. The van der Waals surface area contributed by atoms with Crippen molar-refractivity contribution < 1.29 is 94.1 Å². The van der Waals surface area contributed by atoms with Crippen molar-refractivity contribution in [3.05, 3.63) is 0 Å². The molecule has 2 unspecified atom stereocenters. The molecule has 0 aromatic heterocycles. The second-order valence-corrected chi connectivity index (χ2v) is 11.5. The second kappa shape index (κ2) is 20.7. The van der Waals surface area contributed by atoms with Crippen LogP contribution < -0.4 is 11.1 Å². The number of aliphatic carboxylic acids is 2. The number of rotatable bonds is 12. The Kier molecular flexibility index (Phi) is 18.2. The zero-order valence-electron chi connectivity index (χ0n) is 27.5. The molecule has 0 saturated carbocycles. The minimum atomic E-state index is -2.72. The van der Waals surface area contributed by atoms with Gasteiger partial charge in [-0.05, 0) is 0 Å². The highest BCUT2D eigenvalue weighted by Crippen LogP contribution is 2.30. The minimum absolute atomic E-state index is 0.00750. The largest absolute Gasteiger partial charge is 0.477 e. The summed E-state index contributed by atoms with van der Waals surface area (Å²) in [6, 6.07) is 0. The number of terminal acetylenes is 2.